The molecule has 1 saturated carbocycles. The van der Waals surface area contributed by atoms with Crippen molar-refractivity contribution in [2.24, 2.45) is 17.8 Å². The highest BCUT2D eigenvalue weighted by Gasteiger charge is 2.50. The quantitative estimate of drug-likeness (QED) is 0.827. The average molecular weight is 368 g/mol. The van der Waals surface area contributed by atoms with Gasteiger partial charge in [0.2, 0.25) is 0 Å². The maximum atomic E-state index is 12.6. The molecule has 1 N–H and O–H groups in total. The smallest absolute Gasteiger partial charge is 0.311 e. The van der Waals surface area contributed by atoms with Gasteiger partial charge in [0.05, 0.1) is 25.2 Å². The molecule has 0 bridgehead atoms. The number of rotatable bonds is 2. The van der Waals surface area contributed by atoms with E-state index >= 15 is 0 Å². The topological polar surface area (TPSA) is 54.6 Å². The van der Waals surface area contributed by atoms with Gasteiger partial charge in [0, 0.05) is 36.8 Å². The molecule has 1 aromatic heterocycles. The minimum absolute atomic E-state index is 0.0176. The van der Waals surface area contributed by atoms with Crippen LogP contribution in [0.2, 0.25) is 0 Å². The number of hydrogen-bond donors (Lipinski definition) is 1. The van der Waals surface area contributed by atoms with Gasteiger partial charge in [-0.2, -0.15) is 0 Å². The van der Waals surface area contributed by atoms with Crippen molar-refractivity contribution in [3.05, 3.63) is 35.5 Å². The van der Waals surface area contributed by atoms with Crippen LogP contribution in [0.4, 0.5) is 0 Å². The molecule has 2 aromatic rings. The highest BCUT2D eigenvalue weighted by Crippen LogP contribution is 2.49. The van der Waals surface area contributed by atoms with E-state index in [2.05, 4.69) is 34.1 Å². The number of carbonyl (C=O) groups is 1. The summed E-state index contributed by atoms with van der Waals surface area (Å²) in [5, 5.41) is 1.36. The van der Waals surface area contributed by atoms with Crippen molar-refractivity contribution >= 4 is 16.9 Å². The van der Waals surface area contributed by atoms with E-state index in [1.807, 2.05) is 0 Å². The first kappa shape index (κ1) is 17.3. The summed E-state index contributed by atoms with van der Waals surface area (Å²) in [4.78, 5) is 19.0. The summed E-state index contributed by atoms with van der Waals surface area (Å²) in [6, 6.07) is 8.98. The molecule has 5 heteroatoms. The predicted octanol–water partition coefficient (Wildman–Crippen LogP) is 3.30. The third kappa shape index (κ3) is 2.63. The zero-order valence-electron chi connectivity index (χ0n) is 16.1. The molecule has 2 aliphatic heterocycles. The summed E-state index contributed by atoms with van der Waals surface area (Å²) in [6.45, 7) is 2.19. The fourth-order valence-electron chi connectivity index (χ4n) is 6.05. The van der Waals surface area contributed by atoms with Crippen molar-refractivity contribution < 1.29 is 14.3 Å². The van der Waals surface area contributed by atoms with E-state index in [1.165, 1.54) is 29.3 Å². The Hall–Kier alpha value is -1.85. The van der Waals surface area contributed by atoms with E-state index in [-0.39, 0.29) is 18.0 Å². The SMILES string of the molecule is COC(=O)C1C(OC)CCC2CN3CCc4c([nH]c5ccccc45)C3CC21. The highest BCUT2D eigenvalue weighted by molar-refractivity contribution is 5.85. The van der Waals surface area contributed by atoms with Crippen molar-refractivity contribution in [2.45, 2.75) is 37.8 Å². The van der Waals surface area contributed by atoms with Crippen molar-refractivity contribution in [3.63, 3.8) is 0 Å². The highest BCUT2D eigenvalue weighted by atomic mass is 16.5. The Labute approximate surface area is 160 Å². The van der Waals surface area contributed by atoms with E-state index in [0.717, 1.165) is 38.8 Å². The Kier molecular flexibility index (Phi) is 4.25. The lowest BCUT2D eigenvalue weighted by atomic mass is 9.65. The number of methoxy groups -OCH3 is 2. The number of nitrogens with one attached hydrogen (secondary N) is 1. The van der Waals surface area contributed by atoms with Gasteiger partial charge >= 0.3 is 5.97 Å². The molecular formula is C22H28N2O3. The van der Waals surface area contributed by atoms with Crippen LogP contribution in [0.5, 0.6) is 0 Å². The molecule has 5 nitrogen and oxygen atoms in total. The van der Waals surface area contributed by atoms with Gasteiger partial charge in [-0.1, -0.05) is 18.2 Å². The molecular weight excluding hydrogens is 340 g/mol. The number of benzene rings is 1. The maximum Gasteiger partial charge on any atom is 0.311 e. The molecule has 144 valence electrons. The van der Waals surface area contributed by atoms with Crippen molar-refractivity contribution in [2.75, 3.05) is 27.3 Å². The average Bonchev–Trinajstić information content (AvgIpc) is 3.10. The van der Waals surface area contributed by atoms with Gasteiger partial charge in [-0.25, -0.2) is 0 Å². The van der Waals surface area contributed by atoms with Gasteiger partial charge in [-0.05, 0) is 49.1 Å². The number of carbonyl (C=O) groups excluding carboxylic acids is 1. The minimum Gasteiger partial charge on any atom is -0.469 e. The van der Waals surface area contributed by atoms with Crippen LogP contribution in [0.25, 0.3) is 10.9 Å². The first-order valence-corrected chi connectivity index (χ1v) is 10.2. The lowest BCUT2D eigenvalue weighted by Gasteiger charge is -2.51. The first-order chi connectivity index (χ1) is 13.2. The lowest BCUT2D eigenvalue weighted by Crippen LogP contribution is -2.53. The second-order valence-corrected chi connectivity index (χ2v) is 8.38. The summed E-state index contributed by atoms with van der Waals surface area (Å²) in [5.74, 6) is 0.644. The molecule has 0 radical (unpaired) electrons. The molecule has 0 spiro atoms. The number of esters is 1. The maximum absolute atomic E-state index is 12.6. The van der Waals surface area contributed by atoms with Crippen LogP contribution in [0.1, 0.15) is 36.6 Å². The molecule has 1 aliphatic carbocycles. The van der Waals surface area contributed by atoms with Crippen LogP contribution < -0.4 is 0 Å². The van der Waals surface area contributed by atoms with Crippen LogP contribution >= 0.6 is 0 Å². The number of ether oxygens (including phenoxy) is 2. The van der Waals surface area contributed by atoms with E-state index in [0.29, 0.717) is 17.9 Å². The Morgan fingerprint density at radius 3 is 2.89 bits per heavy atom. The minimum atomic E-state index is -0.143. The Bertz CT molecular complexity index is 860. The second kappa shape index (κ2) is 6.64. The Morgan fingerprint density at radius 1 is 1.22 bits per heavy atom. The summed E-state index contributed by atoms with van der Waals surface area (Å²) < 4.78 is 10.9. The van der Waals surface area contributed by atoms with E-state index in [4.69, 9.17) is 9.47 Å². The summed E-state index contributed by atoms with van der Waals surface area (Å²) in [7, 11) is 3.23. The Balaban J connectivity index is 1.52. The number of H-pyrrole nitrogens is 1. The number of piperidine rings is 1. The molecule has 5 atom stereocenters. The fourth-order valence-corrected chi connectivity index (χ4v) is 6.05. The van der Waals surface area contributed by atoms with Gasteiger partial charge in [-0.3, -0.25) is 9.69 Å². The molecule has 1 aromatic carbocycles. The number of para-hydroxylation sites is 1. The zero-order chi connectivity index (χ0) is 18.5. The third-order valence-electron chi connectivity index (χ3n) is 7.30. The van der Waals surface area contributed by atoms with Gasteiger partial charge in [-0.15, -0.1) is 0 Å². The standard InChI is InChI=1S/C22H28N2O3/c1-26-19-8-7-13-12-24-10-9-15-14-5-3-4-6-17(14)23-21(15)18(24)11-16(13)20(19)22(25)27-2/h3-6,13,16,18-20,23H,7-12H2,1-2H3. The number of aromatic nitrogens is 1. The van der Waals surface area contributed by atoms with Gasteiger partial charge < -0.3 is 14.5 Å². The molecule has 0 amide bonds. The molecule has 3 heterocycles. The van der Waals surface area contributed by atoms with Crippen LogP contribution in [0, 0.1) is 17.8 Å². The van der Waals surface area contributed by atoms with Gasteiger partial charge in [0.15, 0.2) is 0 Å². The van der Waals surface area contributed by atoms with Crippen molar-refractivity contribution in [1.29, 1.82) is 0 Å². The second-order valence-electron chi connectivity index (χ2n) is 8.38. The number of fused-ring (bicyclic) bond motifs is 6. The Morgan fingerprint density at radius 2 is 2.07 bits per heavy atom. The van der Waals surface area contributed by atoms with Crippen molar-refractivity contribution in [1.82, 2.24) is 9.88 Å². The number of aromatic amines is 1. The predicted molar refractivity (Wildman–Crippen MR) is 103 cm³/mol. The molecule has 1 saturated heterocycles. The molecule has 3 aliphatic rings. The third-order valence-corrected chi connectivity index (χ3v) is 7.30. The molecule has 5 unspecified atom stereocenters. The van der Waals surface area contributed by atoms with Crippen LogP contribution in [-0.2, 0) is 20.7 Å². The molecule has 5 rings (SSSR count). The zero-order valence-corrected chi connectivity index (χ0v) is 16.1. The van der Waals surface area contributed by atoms with Gasteiger partial charge in [0.25, 0.3) is 0 Å². The lowest BCUT2D eigenvalue weighted by molar-refractivity contribution is -0.162. The van der Waals surface area contributed by atoms with Crippen LogP contribution in [0.3, 0.4) is 0 Å². The van der Waals surface area contributed by atoms with Crippen molar-refractivity contribution in [3.8, 4) is 0 Å². The monoisotopic (exact) mass is 368 g/mol. The summed E-state index contributed by atoms with van der Waals surface area (Å²) >= 11 is 0. The largest absolute Gasteiger partial charge is 0.469 e. The van der Waals surface area contributed by atoms with E-state index in [1.54, 1.807) is 7.11 Å². The number of hydrogen-bond acceptors (Lipinski definition) is 4. The summed E-state index contributed by atoms with van der Waals surface area (Å²) in [6.07, 6.45) is 4.18. The van der Waals surface area contributed by atoms with Crippen LogP contribution in [0.15, 0.2) is 24.3 Å². The normalized spacial score (nSPS) is 33.2. The first-order valence-electron chi connectivity index (χ1n) is 10.2. The van der Waals surface area contributed by atoms with E-state index < -0.39 is 0 Å². The van der Waals surface area contributed by atoms with E-state index in [9.17, 15) is 4.79 Å². The molecule has 27 heavy (non-hydrogen) atoms. The van der Waals surface area contributed by atoms with Crippen LogP contribution in [-0.4, -0.2) is 49.3 Å². The fraction of sp³-hybridized carbons (Fsp3) is 0.591. The number of nitrogens with zero attached hydrogens (tertiary/aromatic N) is 1. The van der Waals surface area contributed by atoms with Gasteiger partial charge in [0.1, 0.15) is 0 Å². The molecule has 2 fully saturated rings. The summed E-state index contributed by atoms with van der Waals surface area (Å²) in [5.41, 5.74) is 4.07.